The van der Waals surface area contributed by atoms with Gasteiger partial charge in [-0.2, -0.15) is 0 Å². The average molecular weight is 316 g/mol. The minimum atomic E-state index is 0.147. The highest BCUT2D eigenvalue weighted by Gasteiger charge is 2.14. The van der Waals surface area contributed by atoms with Gasteiger partial charge in [0, 0.05) is 11.6 Å². The van der Waals surface area contributed by atoms with Gasteiger partial charge in [0.2, 0.25) is 0 Å². The molecule has 0 unspecified atom stereocenters. The third-order valence-electron chi connectivity index (χ3n) is 2.05. The number of benzene rings is 1. The first kappa shape index (κ1) is 14.8. The first-order valence-electron chi connectivity index (χ1n) is 4.64. The van der Waals surface area contributed by atoms with E-state index in [1.54, 1.807) is 6.07 Å². The van der Waals surface area contributed by atoms with Crippen molar-refractivity contribution >= 4 is 46.4 Å². The van der Waals surface area contributed by atoms with Crippen molar-refractivity contribution in [2.45, 2.75) is 6.92 Å². The van der Waals surface area contributed by atoms with E-state index in [1.807, 2.05) is 6.92 Å². The lowest BCUT2D eigenvalue weighted by molar-refractivity contribution is 0.358. The lowest BCUT2D eigenvalue weighted by atomic mass is 10.2. The molecule has 0 saturated carbocycles. The van der Waals surface area contributed by atoms with E-state index in [9.17, 15) is 0 Å². The van der Waals surface area contributed by atoms with Gasteiger partial charge in [0.1, 0.15) is 16.8 Å². The molecule has 0 spiro atoms. The van der Waals surface area contributed by atoms with Crippen LogP contribution in [0.25, 0.3) is 0 Å². The predicted octanol–water partition coefficient (Wildman–Crippen LogP) is 5.01. The van der Waals surface area contributed by atoms with E-state index in [1.165, 1.54) is 13.2 Å². The summed E-state index contributed by atoms with van der Waals surface area (Å²) >= 11 is 23.0. The van der Waals surface area contributed by atoms with Gasteiger partial charge in [0.05, 0.1) is 17.2 Å². The van der Waals surface area contributed by atoms with Crippen LogP contribution in [-0.4, -0.2) is 13.7 Å². The summed E-state index contributed by atoms with van der Waals surface area (Å²) in [6.45, 7) is 2.05. The van der Waals surface area contributed by atoms with Gasteiger partial charge in [0.25, 0.3) is 0 Å². The van der Waals surface area contributed by atoms with Gasteiger partial charge in [-0.1, -0.05) is 46.4 Å². The SMILES string of the molecule is COc1c(Cl)cc(OCC=C(Cl)Cl)c(C)c1Cl. The van der Waals surface area contributed by atoms with Crippen LogP contribution >= 0.6 is 46.4 Å². The first-order valence-corrected chi connectivity index (χ1v) is 6.15. The van der Waals surface area contributed by atoms with Crippen molar-refractivity contribution < 1.29 is 9.47 Å². The zero-order chi connectivity index (χ0) is 13.0. The quantitative estimate of drug-likeness (QED) is 0.777. The summed E-state index contributed by atoms with van der Waals surface area (Å²) in [5.41, 5.74) is 0.743. The maximum absolute atomic E-state index is 6.09. The van der Waals surface area contributed by atoms with Crippen LogP contribution in [-0.2, 0) is 0 Å². The average Bonchev–Trinajstić information content (AvgIpc) is 2.25. The molecule has 1 aromatic carbocycles. The van der Waals surface area contributed by atoms with Crippen LogP contribution in [0.2, 0.25) is 10.0 Å². The molecule has 0 aliphatic heterocycles. The van der Waals surface area contributed by atoms with Gasteiger partial charge < -0.3 is 9.47 Å². The van der Waals surface area contributed by atoms with Crippen LogP contribution in [0.3, 0.4) is 0 Å². The van der Waals surface area contributed by atoms with E-state index in [-0.39, 0.29) is 11.1 Å². The zero-order valence-corrected chi connectivity index (χ0v) is 12.2. The second-order valence-corrected chi connectivity index (χ2v) is 4.93. The van der Waals surface area contributed by atoms with Crippen molar-refractivity contribution in [1.82, 2.24) is 0 Å². The van der Waals surface area contributed by atoms with E-state index < -0.39 is 0 Å². The van der Waals surface area contributed by atoms with Crippen molar-refractivity contribution in [2.75, 3.05) is 13.7 Å². The second-order valence-electron chi connectivity index (χ2n) is 3.13. The van der Waals surface area contributed by atoms with Crippen molar-refractivity contribution in [3.8, 4) is 11.5 Å². The van der Waals surface area contributed by atoms with Crippen LogP contribution in [0.5, 0.6) is 11.5 Å². The van der Waals surface area contributed by atoms with Crippen LogP contribution in [0, 0.1) is 6.92 Å². The summed E-state index contributed by atoms with van der Waals surface area (Å²) in [7, 11) is 1.50. The lowest BCUT2D eigenvalue weighted by Crippen LogP contribution is -1.98. The Bertz CT molecular complexity index is 440. The monoisotopic (exact) mass is 314 g/mol. The topological polar surface area (TPSA) is 18.5 Å². The molecule has 0 saturated heterocycles. The standard InChI is InChI=1S/C11H10Cl4O2/c1-6-8(17-4-3-9(13)14)5-7(12)11(16-2)10(6)15/h3,5H,4H2,1-2H3. The Balaban J connectivity index is 2.98. The molecule has 0 aromatic heterocycles. The summed E-state index contributed by atoms with van der Waals surface area (Å²) in [4.78, 5) is 0. The summed E-state index contributed by atoms with van der Waals surface area (Å²) in [5.74, 6) is 0.996. The maximum atomic E-state index is 6.09. The third-order valence-corrected chi connectivity index (χ3v) is 3.10. The number of halogens is 4. The van der Waals surface area contributed by atoms with Crippen LogP contribution in [0.1, 0.15) is 5.56 Å². The number of methoxy groups -OCH3 is 1. The Morgan fingerprint density at radius 3 is 2.53 bits per heavy atom. The van der Waals surface area contributed by atoms with E-state index >= 15 is 0 Å². The minimum Gasteiger partial charge on any atom is -0.494 e. The molecule has 2 nitrogen and oxygen atoms in total. The van der Waals surface area contributed by atoms with E-state index in [0.717, 1.165) is 5.56 Å². The molecule has 1 aromatic rings. The van der Waals surface area contributed by atoms with Crippen molar-refractivity contribution in [1.29, 1.82) is 0 Å². The van der Waals surface area contributed by atoms with Crippen molar-refractivity contribution in [2.24, 2.45) is 0 Å². The predicted molar refractivity (Wildman–Crippen MR) is 73.0 cm³/mol. The molecule has 0 bridgehead atoms. The summed E-state index contributed by atoms with van der Waals surface area (Å²) < 4.78 is 10.7. The Kier molecular flexibility index (Phi) is 5.74. The van der Waals surface area contributed by atoms with Crippen molar-refractivity contribution in [3.63, 3.8) is 0 Å². The molecule has 0 aliphatic carbocycles. The molecule has 0 atom stereocenters. The fourth-order valence-corrected chi connectivity index (χ4v) is 1.92. The summed E-state index contributed by atoms with van der Waals surface area (Å²) in [5, 5.41) is 0.815. The number of hydrogen-bond donors (Lipinski definition) is 0. The molecule has 0 heterocycles. The van der Waals surface area contributed by atoms with Gasteiger partial charge in [-0.05, 0) is 13.0 Å². The molecule has 0 radical (unpaired) electrons. The van der Waals surface area contributed by atoms with Gasteiger partial charge >= 0.3 is 0 Å². The Hall–Kier alpha value is -0.280. The van der Waals surface area contributed by atoms with Gasteiger partial charge in [0.15, 0.2) is 5.75 Å². The minimum absolute atomic E-state index is 0.147. The molecule has 94 valence electrons. The molecule has 0 N–H and O–H groups in total. The third kappa shape index (κ3) is 3.85. The fourth-order valence-electron chi connectivity index (χ4n) is 1.20. The first-order chi connectivity index (χ1) is 7.97. The lowest BCUT2D eigenvalue weighted by Gasteiger charge is -2.13. The second kappa shape index (κ2) is 6.60. The number of ether oxygens (including phenoxy) is 2. The summed E-state index contributed by atoms with van der Waals surface area (Å²) in [6.07, 6.45) is 1.52. The fraction of sp³-hybridized carbons (Fsp3) is 0.273. The van der Waals surface area contributed by atoms with Crippen LogP contribution in [0.4, 0.5) is 0 Å². The normalized spacial score (nSPS) is 10.0. The largest absolute Gasteiger partial charge is 0.494 e. The summed E-state index contributed by atoms with van der Waals surface area (Å²) in [6, 6.07) is 1.64. The Labute approximate surface area is 120 Å². The number of rotatable bonds is 4. The molecular formula is C11H10Cl4O2. The molecule has 0 fully saturated rings. The van der Waals surface area contributed by atoms with Crippen molar-refractivity contribution in [3.05, 3.63) is 32.2 Å². The van der Waals surface area contributed by atoms with E-state index in [4.69, 9.17) is 55.9 Å². The molecule has 0 amide bonds. The highest BCUT2D eigenvalue weighted by Crippen LogP contribution is 2.40. The van der Waals surface area contributed by atoms with E-state index in [0.29, 0.717) is 21.5 Å². The molecule has 6 heteroatoms. The number of hydrogen-bond acceptors (Lipinski definition) is 2. The Morgan fingerprint density at radius 1 is 1.35 bits per heavy atom. The highest BCUT2D eigenvalue weighted by atomic mass is 35.5. The molecule has 17 heavy (non-hydrogen) atoms. The molecular weight excluding hydrogens is 306 g/mol. The van der Waals surface area contributed by atoms with Gasteiger partial charge in [-0.25, -0.2) is 0 Å². The van der Waals surface area contributed by atoms with Gasteiger partial charge in [-0.15, -0.1) is 0 Å². The van der Waals surface area contributed by atoms with Gasteiger partial charge in [-0.3, -0.25) is 0 Å². The Morgan fingerprint density at radius 2 is 2.00 bits per heavy atom. The maximum Gasteiger partial charge on any atom is 0.156 e. The van der Waals surface area contributed by atoms with Crippen LogP contribution in [0.15, 0.2) is 16.6 Å². The molecule has 0 aliphatic rings. The highest BCUT2D eigenvalue weighted by molar-refractivity contribution is 6.55. The smallest absolute Gasteiger partial charge is 0.156 e. The zero-order valence-electron chi connectivity index (χ0n) is 9.19. The van der Waals surface area contributed by atoms with E-state index in [2.05, 4.69) is 0 Å². The molecule has 1 rings (SSSR count). The van der Waals surface area contributed by atoms with Crippen LogP contribution < -0.4 is 9.47 Å².